The monoisotopic (exact) mass is 339 g/mol. The highest BCUT2D eigenvalue weighted by Gasteiger charge is 2.15. The number of hydrogen-bond acceptors (Lipinski definition) is 3. The number of benzene rings is 1. The zero-order chi connectivity index (χ0) is 14.5. The van der Waals surface area contributed by atoms with Crippen LogP contribution in [-0.4, -0.2) is 31.1 Å². The van der Waals surface area contributed by atoms with Gasteiger partial charge >= 0.3 is 0 Å². The van der Waals surface area contributed by atoms with Gasteiger partial charge in [-0.1, -0.05) is 6.92 Å². The van der Waals surface area contributed by atoms with E-state index >= 15 is 0 Å². The van der Waals surface area contributed by atoms with Crippen molar-refractivity contribution in [1.82, 2.24) is 4.90 Å². The molecular weight excluding hydrogens is 321 g/mol. The third-order valence-electron chi connectivity index (χ3n) is 3.61. The molecule has 0 spiro atoms. The number of nitrogens with zero attached hydrogens (tertiary/aromatic N) is 2. The Hall–Kier alpha value is -1.12. The molecule has 1 aromatic rings. The van der Waals surface area contributed by atoms with E-state index in [1.54, 1.807) is 12.1 Å². The summed E-state index contributed by atoms with van der Waals surface area (Å²) in [6, 6.07) is 5.21. The summed E-state index contributed by atoms with van der Waals surface area (Å²) >= 11 is 3.12. The molecule has 1 aliphatic heterocycles. The molecule has 0 aliphatic carbocycles. The van der Waals surface area contributed by atoms with Crippen LogP contribution in [-0.2, 0) is 0 Å². The van der Waals surface area contributed by atoms with Crippen LogP contribution in [0.1, 0.15) is 25.3 Å². The van der Waals surface area contributed by atoms with Crippen LogP contribution in [0.4, 0.5) is 10.1 Å². The number of likely N-dealkylation sites (tertiary alicyclic amines) is 1. The second-order valence-electron chi connectivity index (χ2n) is 5.39. The van der Waals surface area contributed by atoms with Gasteiger partial charge in [0, 0.05) is 13.1 Å². The molecule has 1 atom stereocenters. The lowest BCUT2D eigenvalue weighted by molar-refractivity contribution is 0.294. The van der Waals surface area contributed by atoms with Crippen molar-refractivity contribution in [3.63, 3.8) is 0 Å². The van der Waals surface area contributed by atoms with Gasteiger partial charge in [-0.2, -0.15) is 5.26 Å². The molecule has 2 rings (SSSR count). The highest BCUT2D eigenvalue weighted by atomic mass is 79.9. The van der Waals surface area contributed by atoms with Crippen LogP contribution in [0, 0.1) is 23.1 Å². The zero-order valence-electron chi connectivity index (χ0n) is 11.6. The van der Waals surface area contributed by atoms with Gasteiger partial charge in [-0.3, -0.25) is 0 Å². The predicted molar refractivity (Wildman–Crippen MR) is 82.1 cm³/mol. The minimum atomic E-state index is -0.391. The van der Waals surface area contributed by atoms with Gasteiger partial charge in [-0.05, 0) is 59.9 Å². The molecule has 5 heteroatoms. The first-order valence-corrected chi connectivity index (χ1v) is 7.75. The standard InChI is InChI=1S/C15H19BrFN3/c1-11(10-20-6-2-3-7-20)9-19-13-5-4-12(8-18)14(16)15(13)17/h4-5,11,19H,2-3,6-7,9-10H2,1H3. The molecule has 1 heterocycles. The molecule has 108 valence electrons. The Morgan fingerprint density at radius 3 is 2.80 bits per heavy atom. The van der Waals surface area contributed by atoms with E-state index < -0.39 is 5.82 Å². The van der Waals surface area contributed by atoms with Crippen LogP contribution < -0.4 is 5.32 Å². The molecule has 1 aromatic carbocycles. The summed E-state index contributed by atoms with van der Waals surface area (Å²) in [4.78, 5) is 2.46. The van der Waals surface area contributed by atoms with Crippen molar-refractivity contribution in [1.29, 1.82) is 5.26 Å². The number of nitrogens with one attached hydrogen (secondary N) is 1. The van der Waals surface area contributed by atoms with Crippen molar-refractivity contribution < 1.29 is 4.39 Å². The highest BCUT2D eigenvalue weighted by molar-refractivity contribution is 9.10. The second kappa shape index (κ2) is 7.05. The van der Waals surface area contributed by atoms with Crippen molar-refractivity contribution in [2.75, 3.05) is 31.5 Å². The lowest BCUT2D eigenvalue weighted by atomic mass is 10.1. The molecule has 20 heavy (non-hydrogen) atoms. The van der Waals surface area contributed by atoms with Gasteiger partial charge in [-0.15, -0.1) is 0 Å². The summed E-state index contributed by atoms with van der Waals surface area (Å²) in [5.74, 6) is 0.0688. The zero-order valence-corrected chi connectivity index (χ0v) is 13.2. The van der Waals surface area contributed by atoms with E-state index in [-0.39, 0.29) is 4.47 Å². The predicted octanol–water partition coefficient (Wildman–Crippen LogP) is 3.60. The topological polar surface area (TPSA) is 39.1 Å². The molecular formula is C15H19BrFN3. The molecule has 1 N–H and O–H groups in total. The van der Waals surface area contributed by atoms with Crippen LogP contribution in [0.3, 0.4) is 0 Å². The van der Waals surface area contributed by atoms with E-state index in [0.717, 1.165) is 13.1 Å². The van der Waals surface area contributed by atoms with Crippen molar-refractivity contribution in [3.8, 4) is 6.07 Å². The molecule has 0 radical (unpaired) electrons. The Morgan fingerprint density at radius 2 is 2.15 bits per heavy atom. The average molecular weight is 340 g/mol. The van der Waals surface area contributed by atoms with E-state index in [4.69, 9.17) is 5.26 Å². The number of nitriles is 1. The van der Waals surface area contributed by atoms with E-state index in [1.807, 2.05) is 6.07 Å². The van der Waals surface area contributed by atoms with Crippen molar-refractivity contribution in [2.24, 2.45) is 5.92 Å². The summed E-state index contributed by atoms with van der Waals surface area (Å²) in [5, 5.41) is 12.0. The van der Waals surface area contributed by atoms with Gasteiger partial charge in [0.25, 0.3) is 0 Å². The Morgan fingerprint density at radius 1 is 1.45 bits per heavy atom. The number of rotatable bonds is 5. The largest absolute Gasteiger partial charge is 0.382 e. The first-order valence-electron chi connectivity index (χ1n) is 6.96. The normalized spacial score (nSPS) is 16.9. The van der Waals surface area contributed by atoms with E-state index in [9.17, 15) is 4.39 Å². The number of anilines is 1. The van der Waals surface area contributed by atoms with Gasteiger partial charge in [0.1, 0.15) is 6.07 Å². The molecule has 1 saturated heterocycles. The maximum Gasteiger partial charge on any atom is 0.161 e. The van der Waals surface area contributed by atoms with Crippen molar-refractivity contribution in [2.45, 2.75) is 19.8 Å². The lowest BCUT2D eigenvalue weighted by Crippen LogP contribution is -2.29. The summed E-state index contributed by atoms with van der Waals surface area (Å²) in [7, 11) is 0. The molecule has 1 aliphatic rings. The number of halogens is 2. The Kier molecular flexibility index (Phi) is 5.38. The molecule has 0 saturated carbocycles. The first kappa shape index (κ1) is 15.3. The fourth-order valence-electron chi connectivity index (χ4n) is 2.53. The Labute approximate surface area is 127 Å². The van der Waals surface area contributed by atoms with Gasteiger partial charge in [-0.25, -0.2) is 4.39 Å². The molecule has 1 fully saturated rings. The third-order valence-corrected chi connectivity index (χ3v) is 4.39. The van der Waals surface area contributed by atoms with Crippen LogP contribution in [0.2, 0.25) is 0 Å². The van der Waals surface area contributed by atoms with Crippen LogP contribution in [0.25, 0.3) is 0 Å². The van der Waals surface area contributed by atoms with Crippen LogP contribution in [0.5, 0.6) is 0 Å². The first-order chi connectivity index (χ1) is 9.61. The smallest absolute Gasteiger partial charge is 0.161 e. The van der Waals surface area contributed by atoms with Crippen molar-refractivity contribution >= 4 is 21.6 Å². The summed E-state index contributed by atoms with van der Waals surface area (Å²) < 4.78 is 14.3. The van der Waals surface area contributed by atoms with Gasteiger partial charge in [0.05, 0.1) is 15.7 Å². The van der Waals surface area contributed by atoms with Gasteiger partial charge in [0.15, 0.2) is 5.82 Å². The molecule has 0 aromatic heterocycles. The quantitative estimate of drug-likeness (QED) is 0.890. The molecule has 0 bridgehead atoms. The van der Waals surface area contributed by atoms with Gasteiger partial charge < -0.3 is 10.2 Å². The van der Waals surface area contributed by atoms with Crippen LogP contribution in [0.15, 0.2) is 16.6 Å². The fourth-order valence-corrected chi connectivity index (χ4v) is 2.96. The van der Waals surface area contributed by atoms with E-state index in [0.29, 0.717) is 17.2 Å². The van der Waals surface area contributed by atoms with E-state index in [2.05, 4.69) is 33.1 Å². The maximum absolute atomic E-state index is 14.0. The van der Waals surface area contributed by atoms with Crippen LogP contribution >= 0.6 is 15.9 Å². The summed E-state index contributed by atoms with van der Waals surface area (Å²) in [6.07, 6.45) is 2.58. The minimum absolute atomic E-state index is 0.234. The summed E-state index contributed by atoms with van der Waals surface area (Å²) in [5.41, 5.74) is 0.766. The minimum Gasteiger partial charge on any atom is -0.382 e. The second-order valence-corrected chi connectivity index (χ2v) is 6.19. The SMILES string of the molecule is CC(CNc1ccc(C#N)c(Br)c1F)CN1CCCC1. The maximum atomic E-state index is 14.0. The molecule has 1 unspecified atom stereocenters. The third kappa shape index (κ3) is 3.71. The molecule has 0 amide bonds. The lowest BCUT2D eigenvalue weighted by Gasteiger charge is -2.21. The van der Waals surface area contributed by atoms with Crippen molar-refractivity contribution in [3.05, 3.63) is 28.0 Å². The molecule has 3 nitrogen and oxygen atoms in total. The number of hydrogen-bond donors (Lipinski definition) is 1. The fraction of sp³-hybridized carbons (Fsp3) is 0.533. The Bertz CT molecular complexity index is 507. The highest BCUT2D eigenvalue weighted by Crippen LogP contribution is 2.26. The van der Waals surface area contributed by atoms with Gasteiger partial charge in [0.2, 0.25) is 0 Å². The summed E-state index contributed by atoms with van der Waals surface area (Å²) in [6.45, 7) is 6.31. The average Bonchev–Trinajstić information content (AvgIpc) is 2.93. The van der Waals surface area contributed by atoms with E-state index in [1.165, 1.54) is 25.9 Å². The Balaban J connectivity index is 1.90.